The Hall–Kier alpha value is -1.32. The highest BCUT2D eigenvalue weighted by Crippen LogP contribution is 2.16. The highest BCUT2D eigenvalue weighted by atomic mass is 35.5. The molecule has 1 aromatic rings. The molecule has 0 heterocycles. The maximum atomic E-state index is 12.1. The van der Waals surface area contributed by atoms with E-state index in [1.165, 1.54) is 4.90 Å². The average molecular weight is 254 g/mol. The topological polar surface area (TPSA) is 40.5 Å². The number of amides is 1. The second-order valence-electron chi connectivity index (χ2n) is 3.78. The lowest BCUT2D eigenvalue weighted by Gasteiger charge is -2.20. The molecule has 1 amide bonds. The first-order valence-electron chi connectivity index (χ1n) is 5.36. The Bertz CT molecular complexity index is 398. The molecule has 0 aliphatic carbocycles. The minimum atomic E-state index is -0.149. The summed E-state index contributed by atoms with van der Waals surface area (Å²) in [6, 6.07) is 5.20. The number of hydrogen-bond donors (Lipinski definition) is 1. The predicted molar refractivity (Wildman–Crippen MR) is 69.4 cm³/mol. The van der Waals surface area contributed by atoms with Crippen LogP contribution in [0.5, 0.6) is 0 Å². The van der Waals surface area contributed by atoms with Gasteiger partial charge in [-0.3, -0.25) is 4.79 Å². The van der Waals surface area contributed by atoms with E-state index in [9.17, 15) is 4.79 Å². The molecule has 4 heteroatoms. The molecule has 0 fully saturated rings. The van der Waals surface area contributed by atoms with Crippen LogP contribution in [-0.4, -0.2) is 35.6 Å². The molecule has 3 nitrogen and oxygen atoms in total. The standard InChI is InChI=1S/C13H16ClNO2/c1-3-4-15(5-6-16)13(17)11-7-10(2)8-12(14)9-11/h3,7-9,16H,1,4-6H2,2H3. The van der Waals surface area contributed by atoms with Gasteiger partial charge in [-0.15, -0.1) is 6.58 Å². The monoisotopic (exact) mass is 253 g/mol. The van der Waals surface area contributed by atoms with Crippen LogP contribution in [0.25, 0.3) is 0 Å². The SMILES string of the molecule is C=CCN(CCO)C(=O)c1cc(C)cc(Cl)c1. The van der Waals surface area contributed by atoms with E-state index in [4.69, 9.17) is 16.7 Å². The second kappa shape index (κ2) is 6.42. The summed E-state index contributed by atoms with van der Waals surface area (Å²) in [6.45, 7) is 6.10. The number of rotatable bonds is 5. The largest absolute Gasteiger partial charge is 0.395 e. The van der Waals surface area contributed by atoms with Crippen molar-refractivity contribution >= 4 is 17.5 Å². The first kappa shape index (κ1) is 13.7. The summed E-state index contributed by atoms with van der Waals surface area (Å²) in [7, 11) is 0. The third kappa shape index (κ3) is 3.88. The van der Waals surface area contributed by atoms with E-state index < -0.39 is 0 Å². The lowest BCUT2D eigenvalue weighted by atomic mass is 10.1. The van der Waals surface area contributed by atoms with Crippen molar-refractivity contribution in [2.24, 2.45) is 0 Å². The Kier molecular flexibility index (Phi) is 5.19. The predicted octanol–water partition coefficient (Wildman–Crippen LogP) is 2.27. The molecule has 0 spiro atoms. The van der Waals surface area contributed by atoms with Crippen LogP contribution >= 0.6 is 11.6 Å². The smallest absolute Gasteiger partial charge is 0.254 e. The van der Waals surface area contributed by atoms with E-state index in [0.717, 1.165) is 5.56 Å². The van der Waals surface area contributed by atoms with Crippen LogP contribution in [0.2, 0.25) is 5.02 Å². The van der Waals surface area contributed by atoms with Gasteiger partial charge >= 0.3 is 0 Å². The number of aliphatic hydroxyl groups is 1. The normalized spacial score (nSPS) is 10.1. The maximum absolute atomic E-state index is 12.1. The van der Waals surface area contributed by atoms with Crippen molar-refractivity contribution in [3.63, 3.8) is 0 Å². The molecule has 0 saturated carbocycles. The summed E-state index contributed by atoms with van der Waals surface area (Å²) in [5, 5.41) is 9.45. The van der Waals surface area contributed by atoms with Gasteiger partial charge in [0.15, 0.2) is 0 Å². The molecule has 0 unspecified atom stereocenters. The highest BCUT2D eigenvalue weighted by Gasteiger charge is 2.14. The summed E-state index contributed by atoms with van der Waals surface area (Å²) in [5.74, 6) is -0.149. The highest BCUT2D eigenvalue weighted by molar-refractivity contribution is 6.31. The number of halogens is 1. The van der Waals surface area contributed by atoms with Crippen LogP contribution < -0.4 is 0 Å². The number of hydrogen-bond acceptors (Lipinski definition) is 2. The molecule has 17 heavy (non-hydrogen) atoms. The first-order valence-corrected chi connectivity index (χ1v) is 5.74. The van der Waals surface area contributed by atoms with Gasteiger partial charge in [-0.2, -0.15) is 0 Å². The summed E-state index contributed by atoms with van der Waals surface area (Å²) in [6.07, 6.45) is 1.63. The van der Waals surface area contributed by atoms with Gasteiger partial charge in [-0.25, -0.2) is 0 Å². The molecule has 0 aliphatic heterocycles. The number of benzene rings is 1. The summed E-state index contributed by atoms with van der Waals surface area (Å²) < 4.78 is 0. The summed E-state index contributed by atoms with van der Waals surface area (Å²) >= 11 is 5.91. The second-order valence-corrected chi connectivity index (χ2v) is 4.22. The van der Waals surface area contributed by atoms with Crippen LogP contribution in [0.15, 0.2) is 30.9 Å². The van der Waals surface area contributed by atoms with Crippen molar-refractivity contribution in [1.82, 2.24) is 4.90 Å². The van der Waals surface area contributed by atoms with Gasteiger partial charge in [-0.1, -0.05) is 17.7 Å². The number of aliphatic hydroxyl groups excluding tert-OH is 1. The molecular formula is C13H16ClNO2. The fourth-order valence-electron chi connectivity index (χ4n) is 1.59. The maximum Gasteiger partial charge on any atom is 0.254 e. The lowest BCUT2D eigenvalue weighted by Crippen LogP contribution is -2.33. The molecule has 0 aliphatic rings. The van der Waals surface area contributed by atoms with Gasteiger partial charge in [-0.05, 0) is 30.7 Å². The Balaban J connectivity index is 2.95. The van der Waals surface area contributed by atoms with Crippen LogP contribution in [0.1, 0.15) is 15.9 Å². The van der Waals surface area contributed by atoms with Crippen molar-refractivity contribution in [3.8, 4) is 0 Å². The Labute approximate surface area is 106 Å². The Morgan fingerprint density at radius 2 is 2.24 bits per heavy atom. The molecule has 92 valence electrons. The van der Waals surface area contributed by atoms with E-state index in [0.29, 0.717) is 17.1 Å². The van der Waals surface area contributed by atoms with Crippen molar-refractivity contribution in [3.05, 3.63) is 47.0 Å². The third-order valence-corrected chi connectivity index (χ3v) is 2.51. The molecule has 0 atom stereocenters. The van der Waals surface area contributed by atoms with E-state index in [-0.39, 0.29) is 19.1 Å². The van der Waals surface area contributed by atoms with Gasteiger partial charge < -0.3 is 10.0 Å². The minimum absolute atomic E-state index is 0.0703. The summed E-state index contributed by atoms with van der Waals surface area (Å²) in [4.78, 5) is 13.7. The van der Waals surface area contributed by atoms with E-state index in [1.54, 1.807) is 24.3 Å². The van der Waals surface area contributed by atoms with Crippen molar-refractivity contribution in [2.75, 3.05) is 19.7 Å². The first-order chi connectivity index (χ1) is 8.08. The molecule has 0 aromatic heterocycles. The van der Waals surface area contributed by atoms with E-state index in [2.05, 4.69) is 6.58 Å². The Morgan fingerprint density at radius 3 is 2.76 bits per heavy atom. The lowest BCUT2D eigenvalue weighted by molar-refractivity contribution is 0.0743. The molecular weight excluding hydrogens is 238 g/mol. The fourth-order valence-corrected chi connectivity index (χ4v) is 1.88. The van der Waals surface area contributed by atoms with E-state index in [1.807, 2.05) is 6.92 Å². The number of aryl methyl sites for hydroxylation is 1. The number of nitrogens with zero attached hydrogens (tertiary/aromatic N) is 1. The average Bonchev–Trinajstić information content (AvgIpc) is 2.26. The van der Waals surface area contributed by atoms with Crippen LogP contribution in [0.4, 0.5) is 0 Å². The Morgan fingerprint density at radius 1 is 1.53 bits per heavy atom. The zero-order chi connectivity index (χ0) is 12.8. The molecule has 0 saturated heterocycles. The van der Waals surface area contributed by atoms with Gasteiger partial charge in [0.05, 0.1) is 6.61 Å². The van der Waals surface area contributed by atoms with Crippen molar-refractivity contribution in [1.29, 1.82) is 0 Å². The van der Waals surface area contributed by atoms with Crippen LogP contribution in [-0.2, 0) is 0 Å². The molecule has 0 radical (unpaired) electrons. The quantitative estimate of drug-likeness (QED) is 0.818. The minimum Gasteiger partial charge on any atom is -0.395 e. The van der Waals surface area contributed by atoms with Gasteiger partial charge in [0.25, 0.3) is 5.91 Å². The van der Waals surface area contributed by atoms with Crippen LogP contribution in [0.3, 0.4) is 0 Å². The van der Waals surface area contributed by atoms with Crippen molar-refractivity contribution in [2.45, 2.75) is 6.92 Å². The molecule has 0 bridgehead atoms. The van der Waals surface area contributed by atoms with Crippen LogP contribution in [0, 0.1) is 6.92 Å². The zero-order valence-corrected chi connectivity index (χ0v) is 10.6. The van der Waals surface area contributed by atoms with Gasteiger partial charge in [0.2, 0.25) is 0 Å². The van der Waals surface area contributed by atoms with Gasteiger partial charge in [0.1, 0.15) is 0 Å². The fraction of sp³-hybridized carbons (Fsp3) is 0.308. The molecule has 1 aromatic carbocycles. The third-order valence-electron chi connectivity index (χ3n) is 2.30. The number of carbonyl (C=O) groups is 1. The summed E-state index contributed by atoms with van der Waals surface area (Å²) in [5.41, 5.74) is 1.47. The number of carbonyl (C=O) groups excluding carboxylic acids is 1. The van der Waals surface area contributed by atoms with E-state index >= 15 is 0 Å². The van der Waals surface area contributed by atoms with Gasteiger partial charge in [0, 0.05) is 23.7 Å². The molecule has 1 N–H and O–H groups in total. The zero-order valence-electron chi connectivity index (χ0n) is 9.82. The van der Waals surface area contributed by atoms with Crippen molar-refractivity contribution < 1.29 is 9.90 Å². The molecule has 1 rings (SSSR count).